The normalized spacial score (nSPS) is 38.5. The zero-order valence-corrected chi connectivity index (χ0v) is 12.8. The van der Waals surface area contributed by atoms with Gasteiger partial charge in [-0.2, -0.15) is 0 Å². The van der Waals surface area contributed by atoms with Crippen LogP contribution in [0.5, 0.6) is 0 Å². The van der Waals surface area contributed by atoms with E-state index < -0.39 is 15.3 Å². The first-order valence-electron chi connectivity index (χ1n) is 7.52. The average Bonchev–Trinajstić information content (AvgIpc) is 2.96. The molecule has 3 saturated heterocycles. The van der Waals surface area contributed by atoms with Crippen molar-refractivity contribution in [3.05, 3.63) is 0 Å². The van der Waals surface area contributed by atoms with Crippen LogP contribution in [0.2, 0.25) is 0 Å². The van der Waals surface area contributed by atoms with Gasteiger partial charge in [0.25, 0.3) is 0 Å². The fourth-order valence-corrected chi connectivity index (χ4v) is 5.03. The first-order valence-corrected chi connectivity index (χ1v) is 9.07. The lowest BCUT2D eigenvalue weighted by molar-refractivity contribution is -0.0373. The van der Waals surface area contributed by atoms with E-state index in [2.05, 4.69) is 9.62 Å². The van der Waals surface area contributed by atoms with Gasteiger partial charge in [-0.15, -0.1) is 0 Å². The van der Waals surface area contributed by atoms with Gasteiger partial charge in [-0.1, -0.05) is 0 Å². The van der Waals surface area contributed by atoms with E-state index in [9.17, 15) is 8.42 Å². The van der Waals surface area contributed by atoms with E-state index in [1.165, 1.54) is 0 Å². The third kappa shape index (κ3) is 3.17. The quantitative estimate of drug-likeness (QED) is 0.771. The Bertz CT molecular complexity index is 430. The van der Waals surface area contributed by atoms with Gasteiger partial charge in [0.2, 0.25) is 10.0 Å². The molecule has 116 valence electrons. The molecular weight excluding hydrogens is 280 g/mol. The summed E-state index contributed by atoms with van der Waals surface area (Å²) in [5.41, 5.74) is 0. The highest BCUT2D eigenvalue weighted by atomic mass is 32.2. The van der Waals surface area contributed by atoms with Crippen molar-refractivity contribution in [3.63, 3.8) is 0 Å². The molecule has 7 heteroatoms. The SMILES string of the molecule is CC1OCCC1S(=O)(=O)NCCN1CC2CCC(C1)O2. The Morgan fingerprint density at radius 1 is 1.20 bits per heavy atom. The molecule has 4 unspecified atom stereocenters. The van der Waals surface area contributed by atoms with Crippen molar-refractivity contribution in [2.45, 2.75) is 49.7 Å². The van der Waals surface area contributed by atoms with E-state index in [1.54, 1.807) is 0 Å². The van der Waals surface area contributed by atoms with Gasteiger partial charge in [-0.25, -0.2) is 13.1 Å². The third-order valence-corrected chi connectivity index (χ3v) is 6.58. The Kier molecular flexibility index (Phi) is 4.33. The van der Waals surface area contributed by atoms with Crippen molar-refractivity contribution < 1.29 is 17.9 Å². The zero-order valence-electron chi connectivity index (χ0n) is 12.0. The van der Waals surface area contributed by atoms with Crippen molar-refractivity contribution in [1.29, 1.82) is 0 Å². The second-order valence-corrected chi connectivity index (χ2v) is 8.04. The second kappa shape index (κ2) is 5.88. The summed E-state index contributed by atoms with van der Waals surface area (Å²) in [5.74, 6) is 0. The van der Waals surface area contributed by atoms with E-state index in [4.69, 9.17) is 9.47 Å². The third-order valence-electron chi connectivity index (χ3n) is 4.56. The fourth-order valence-electron chi connectivity index (χ4n) is 3.45. The highest BCUT2D eigenvalue weighted by Gasteiger charge is 2.36. The minimum Gasteiger partial charge on any atom is -0.377 e. The van der Waals surface area contributed by atoms with Crippen LogP contribution in [-0.2, 0) is 19.5 Å². The number of nitrogens with zero attached hydrogens (tertiary/aromatic N) is 1. The van der Waals surface area contributed by atoms with Crippen molar-refractivity contribution in [2.75, 3.05) is 32.8 Å². The standard InChI is InChI=1S/C13H24N2O4S/c1-10-13(4-7-18-10)20(16,17)14-5-6-15-8-11-2-3-12(9-15)19-11/h10-14H,2-9H2,1H3. The molecule has 3 aliphatic rings. The maximum Gasteiger partial charge on any atom is 0.217 e. The Hall–Kier alpha value is -0.210. The molecule has 1 N–H and O–H groups in total. The number of hydrogen-bond acceptors (Lipinski definition) is 5. The molecule has 0 spiro atoms. The number of fused-ring (bicyclic) bond motifs is 2. The molecule has 3 heterocycles. The molecular formula is C13H24N2O4S. The minimum atomic E-state index is -3.25. The van der Waals surface area contributed by atoms with Gasteiger partial charge >= 0.3 is 0 Å². The largest absolute Gasteiger partial charge is 0.377 e. The predicted octanol–water partition coefficient (Wildman–Crippen LogP) is -0.0536. The molecule has 3 aliphatic heterocycles. The van der Waals surface area contributed by atoms with Crippen molar-refractivity contribution in [3.8, 4) is 0 Å². The number of hydrogen-bond donors (Lipinski definition) is 1. The number of sulfonamides is 1. The van der Waals surface area contributed by atoms with Crippen LogP contribution in [0, 0.1) is 0 Å². The van der Waals surface area contributed by atoms with Crippen LogP contribution >= 0.6 is 0 Å². The molecule has 0 aromatic rings. The summed E-state index contributed by atoms with van der Waals surface area (Å²) < 4.78 is 38.2. The van der Waals surface area contributed by atoms with E-state index in [0.717, 1.165) is 32.5 Å². The molecule has 0 aromatic heterocycles. The lowest BCUT2D eigenvalue weighted by Crippen LogP contribution is -2.47. The molecule has 0 radical (unpaired) electrons. The van der Waals surface area contributed by atoms with Crippen LogP contribution in [0.3, 0.4) is 0 Å². The van der Waals surface area contributed by atoms with Gasteiger partial charge < -0.3 is 9.47 Å². The monoisotopic (exact) mass is 304 g/mol. The molecule has 4 atom stereocenters. The number of likely N-dealkylation sites (tertiary alicyclic amines) is 1. The van der Waals surface area contributed by atoms with E-state index in [1.807, 2.05) is 6.92 Å². The Labute approximate surface area is 120 Å². The molecule has 6 nitrogen and oxygen atoms in total. The van der Waals surface area contributed by atoms with Gasteiger partial charge in [0.15, 0.2) is 0 Å². The van der Waals surface area contributed by atoms with Crippen LogP contribution in [0.25, 0.3) is 0 Å². The zero-order chi connectivity index (χ0) is 14.2. The summed E-state index contributed by atoms with van der Waals surface area (Å²) in [7, 11) is -3.25. The van der Waals surface area contributed by atoms with E-state index in [0.29, 0.717) is 31.8 Å². The van der Waals surface area contributed by atoms with Crippen molar-refractivity contribution >= 4 is 10.0 Å². The number of ether oxygens (including phenoxy) is 2. The first-order chi connectivity index (χ1) is 9.54. The van der Waals surface area contributed by atoms with Gasteiger partial charge in [-0.05, 0) is 26.2 Å². The average molecular weight is 304 g/mol. The van der Waals surface area contributed by atoms with E-state index in [-0.39, 0.29) is 6.10 Å². The van der Waals surface area contributed by atoms with Crippen LogP contribution in [0.4, 0.5) is 0 Å². The molecule has 3 fully saturated rings. The Balaban J connectivity index is 1.45. The van der Waals surface area contributed by atoms with Gasteiger partial charge in [-0.3, -0.25) is 4.90 Å². The minimum absolute atomic E-state index is 0.202. The lowest BCUT2D eigenvalue weighted by atomic mass is 10.2. The Morgan fingerprint density at radius 2 is 1.90 bits per heavy atom. The van der Waals surface area contributed by atoms with E-state index >= 15 is 0 Å². The summed E-state index contributed by atoms with van der Waals surface area (Å²) in [4.78, 5) is 2.31. The van der Waals surface area contributed by atoms with Crippen LogP contribution in [0.15, 0.2) is 0 Å². The highest BCUT2D eigenvalue weighted by molar-refractivity contribution is 7.90. The summed E-state index contributed by atoms with van der Waals surface area (Å²) in [6.07, 6.45) is 3.39. The molecule has 0 aromatic carbocycles. The second-order valence-electron chi connectivity index (χ2n) is 6.06. The lowest BCUT2D eigenvalue weighted by Gasteiger charge is -2.32. The maximum absolute atomic E-state index is 12.2. The maximum atomic E-state index is 12.2. The van der Waals surface area contributed by atoms with Crippen LogP contribution < -0.4 is 4.72 Å². The summed E-state index contributed by atoms with van der Waals surface area (Å²) in [6.45, 7) is 5.47. The smallest absolute Gasteiger partial charge is 0.217 e. The molecule has 3 rings (SSSR count). The van der Waals surface area contributed by atoms with Gasteiger partial charge in [0.1, 0.15) is 5.25 Å². The summed E-state index contributed by atoms with van der Waals surface area (Å²) in [6, 6.07) is 0. The fraction of sp³-hybridized carbons (Fsp3) is 1.00. The summed E-state index contributed by atoms with van der Waals surface area (Å²) >= 11 is 0. The van der Waals surface area contributed by atoms with Crippen molar-refractivity contribution in [1.82, 2.24) is 9.62 Å². The summed E-state index contributed by atoms with van der Waals surface area (Å²) in [5, 5.41) is -0.400. The van der Waals surface area contributed by atoms with Gasteiger partial charge in [0, 0.05) is 32.8 Å². The van der Waals surface area contributed by atoms with Crippen molar-refractivity contribution in [2.24, 2.45) is 0 Å². The predicted molar refractivity (Wildman–Crippen MR) is 75.1 cm³/mol. The van der Waals surface area contributed by atoms with Gasteiger partial charge in [0.05, 0.1) is 18.3 Å². The number of rotatable bonds is 5. The number of nitrogens with one attached hydrogen (secondary N) is 1. The molecule has 0 aliphatic carbocycles. The molecule has 0 saturated carbocycles. The molecule has 2 bridgehead atoms. The molecule has 20 heavy (non-hydrogen) atoms. The highest BCUT2D eigenvalue weighted by Crippen LogP contribution is 2.26. The molecule has 0 amide bonds. The topological polar surface area (TPSA) is 67.9 Å². The number of morpholine rings is 1. The Morgan fingerprint density at radius 3 is 2.50 bits per heavy atom. The van der Waals surface area contributed by atoms with Crippen LogP contribution in [0.1, 0.15) is 26.2 Å². The first kappa shape index (κ1) is 14.7. The van der Waals surface area contributed by atoms with Crippen LogP contribution in [-0.4, -0.2) is 69.7 Å².